The summed E-state index contributed by atoms with van der Waals surface area (Å²) < 4.78 is 7.17. The zero-order valence-corrected chi connectivity index (χ0v) is 21.4. The molecule has 2 aliphatic rings. The van der Waals surface area contributed by atoms with E-state index in [1.807, 2.05) is 6.07 Å². The summed E-state index contributed by atoms with van der Waals surface area (Å²) in [5, 5.41) is 13.5. The second kappa shape index (κ2) is 8.84. The first-order chi connectivity index (χ1) is 17.0. The monoisotopic (exact) mass is 527 g/mol. The highest BCUT2D eigenvalue weighted by atomic mass is 35.5. The standard InChI is InChI=1S/C25H23Cl2N5O2S/c1-2-35-17-5-6-20-15(9-17)12-28-32(20)13-21(33)29-16-10-18(26)22(19(27)11-16)25(7-8-25)24-30-23(34-31-24)14-3-4-14/h5-6,9-12,14H,2-4,7-8,13H2,1H3,(H,29,33). The molecule has 0 spiro atoms. The first-order valence-electron chi connectivity index (χ1n) is 11.7. The van der Waals surface area contributed by atoms with E-state index in [1.54, 1.807) is 34.8 Å². The van der Waals surface area contributed by atoms with Crippen LogP contribution in [-0.2, 0) is 16.8 Å². The van der Waals surface area contributed by atoms with Crippen LogP contribution in [0.1, 0.15) is 55.8 Å². The number of nitrogens with zero attached hydrogens (tertiary/aromatic N) is 4. The van der Waals surface area contributed by atoms with Crippen molar-refractivity contribution in [1.82, 2.24) is 19.9 Å². The van der Waals surface area contributed by atoms with Crippen LogP contribution in [0.5, 0.6) is 0 Å². The van der Waals surface area contributed by atoms with Crippen molar-refractivity contribution in [2.24, 2.45) is 0 Å². The summed E-state index contributed by atoms with van der Waals surface area (Å²) in [5.74, 6) is 2.53. The number of anilines is 1. The fraction of sp³-hybridized carbons (Fsp3) is 0.360. The highest BCUT2D eigenvalue weighted by Crippen LogP contribution is 2.57. The van der Waals surface area contributed by atoms with Crippen LogP contribution in [0.25, 0.3) is 10.9 Å². The van der Waals surface area contributed by atoms with Crippen LogP contribution < -0.4 is 5.32 Å². The Hall–Kier alpha value is -2.55. The van der Waals surface area contributed by atoms with Crippen LogP contribution in [0.2, 0.25) is 10.0 Å². The molecule has 2 aromatic carbocycles. The fourth-order valence-electron chi connectivity index (χ4n) is 4.52. The Kier molecular flexibility index (Phi) is 5.78. The molecule has 0 unspecified atom stereocenters. The zero-order chi connectivity index (χ0) is 24.2. The van der Waals surface area contributed by atoms with Crippen molar-refractivity contribution in [2.75, 3.05) is 11.1 Å². The van der Waals surface area contributed by atoms with Crippen molar-refractivity contribution in [3.63, 3.8) is 0 Å². The summed E-state index contributed by atoms with van der Waals surface area (Å²) in [5.41, 5.74) is 1.82. The SMILES string of the molecule is CCSc1ccc2c(cnn2CC(=O)Nc2cc(Cl)c(C3(c4noc(C5CC5)n4)CC3)c(Cl)c2)c1. The Bertz CT molecular complexity index is 1420. The average molecular weight is 528 g/mol. The minimum atomic E-state index is -0.420. The van der Waals surface area contributed by atoms with Crippen LogP contribution in [0.3, 0.4) is 0 Å². The molecule has 0 aliphatic heterocycles. The quantitative estimate of drug-likeness (QED) is 0.265. The van der Waals surface area contributed by atoms with Gasteiger partial charge in [-0.1, -0.05) is 35.3 Å². The van der Waals surface area contributed by atoms with Crippen molar-refractivity contribution in [3.8, 4) is 0 Å². The zero-order valence-electron chi connectivity index (χ0n) is 19.1. The van der Waals surface area contributed by atoms with Gasteiger partial charge in [-0.2, -0.15) is 10.1 Å². The summed E-state index contributed by atoms with van der Waals surface area (Å²) in [6.45, 7) is 2.20. The fourth-order valence-corrected chi connectivity index (χ4v) is 6.08. The van der Waals surface area contributed by atoms with Crippen molar-refractivity contribution in [2.45, 2.75) is 55.4 Å². The van der Waals surface area contributed by atoms with E-state index in [9.17, 15) is 4.79 Å². The number of rotatable bonds is 8. The van der Waals surface area contributed by atoms with Gasteiger partial charge in [0, 0.05) is 37.5 Å². The summed E-state index contributed by atoms with van der Waals surface area (Å²) in [6.07, 6.45) is 5.68. The summed E-state index contributed by atoms with van der Waals surface area (Å²) >= 11 is 15.2. The Labute approximate surface area is 216 Å². The van der Waals surface area contributed by atoms with Gasteiger partial charge in [-0.15, -0.1) is 11.8 Å². The minimum absolute atomic E-state index is 0.0809. The number of hydrogen-bond acceptors (Lipinski definition) is 6. The second-order valence-corrected chi connectivity index (χ2v) is 11.3. The largest absolute Gasteiger partial charge is 0.339 e. The number of aromatic nitrogens is 4. The molecule has 6 rings (SSSR count). The lowest BCUT2D eigenvalue weighted by Crippen LogP contribution is -2.20. The smallest absolute Gasteiger partial charge is 0.246 e. The third-order valence-corrected chi connectivity index (χ3v) is 8.04. The number of halogens is 2. The van der Waals surface area contributed by atoms with E-state index in [4.69, 9.17) is 27.7 Å². The molecular weight excluding hydrogens is 505 g/mol. The summed E-state index contributed by atoms with van der Waals surface area (Å²) in [4.78, 5) is 18.6. The lowest BCUT2D eigenvalue weighted by Gasteiger charge is -2.17. The lowest BCUT2D eigenvalue weighted by molar-refractivity contribution is -0.116. The van der Waals surface area contributed by atoms with Gasteiger partial charge >= 0.3 is 0 Å². The van der Waals surface area contributed by atoms with Gasteiger partial charge in [0.05, 0.1) is 17.1 Å². The van der Waals surface area contributed by atoms with Crippen LogP contribution in [0, 0.1) is 0 Å². The van der Waals surface area contributed by atoms with E-state index >= 15 is 0 Å². The number of benzene rings is 2. The lowest BCUT2D eigenvalue weighted by atomic mass is 9.94. The van der Waals surface area contributed by atoms with E-state index in [0.29, 0.717) is 33.4 Å². The van der Waals surface area contributed by atoms with E-state index in [2.05, 4.69) is 39.6 Å². The van der Waals surface area contributed by atoms with Gasteiger partial charge in [-0.25, -0.2) is 0 Å². The molecule has 0 bridgehead atoms. The van der Waals surface area contributed by atoms with Gasteiger partial charge in [0.1, 0.15) is 6.54 Å². The topological polar surface area (TPSA) is 85.8 Å². The predicted molar refractivity (Wildman–Crippen MR) is 138 cm³/mol. The number of thioether (sulfide) groups is 1. The molecule has 2 saturated carbocycles. The van der Waals surface area contributed by atoms with Crippen LogP contribution in [0.4, 0.5) is 5.69 Å². The molecule has 1 N–H and O–H groups in total. The van der Waals surface area contributed by atoms with Crippen molar-refractivity contribution in [1.29, 1.82) is 0 Å². The molecule has 180 valence electrons. The van der Waals surface area contributed by atoms with Gasteiger partial charge in [-0.3, -0.25) is 9.48 Å². The second-order valence-electron chi connectivity index (χ2n) is 9.13. The molecule has 10 heteroatoms. The molecule has 35 heavy (non-hydrogen) atoms. The van der Waals surface area contributed by atoms with Crippen molar-refractivity contribution < 1.29 is 9.32 Å². The van der Waals surface area contributed by atoms with E-state index in [0.717, 1.165) is 47.9 Å². The minimum Gasteiger partial charge on any atom is -0.339 e. The molecule has 1 amide bonds. The van der Waals surface area contributed by atoms with Gasteiger partial charge < -0.3 is 9.84 Å². The van der Waals surface area contributed by atoms with E-state index in [1.165, 1.54) is 4.90 Å². The van der Waals surface area contributed by atoms with E-state index < -0.39 is 5.41 Å². The summed E-state index contributed by atoms with van der Waals surface area (Å²) in [6, 6.07) is 9.61. The maximum Gasteiger partial charge on any atom is 0.246 e. The molecule has 0 radical (unpaired) electrons. The first-order valence-corrected chi connectivity index (χ1v) is 13.4. The number of amides is 1. The number of fused-ring (bicyclic) bond motifs is 1. The van der Waals surface area contributed by atoms with Crippen molar-refractivity contribution in [3.05, 3.63) is 63.9 Å². The van der Waals surface area contributed by atoms with Gasteiger partial charge in [-0.05, 0) is 61.8 Å². The third kappa shape index (κ3) is 4.32. The van der Waals surface area contributed by atoms with Crippen LogP contribution in [0.15, 0.2) is 45.9 Å². The average Bonchev–Trinajstić information content (AvgIpc) is 3.74. The van der Waals surface area contributed by atoms with Gasteiger partial charge in [0.2, 0.25) is 11.8 Å². The first kappa shape index (κ1) is 22.9. The Balaban J connectivity index is 1.19. The highest BCUT2D eigenvalue weighted by molar-refractivity contribution is 7.99. The predicted octanol–water partition coefficient (Wildman–Crippen LogP) is 6.43. The normalized spacial score (nSPS) is 16.5. The Morgan fingerprint density at radius 1 is 1.23 bits per heavy atom. The molecule has 2 fully saturated rings. The molecule has 2 aliphatic carbocycles. The number of nitrogens with one attached hydrogen (secondary N) is 1. The Morgan fingerprint density at radius 2 is 2.00 bits per heavy atom. The number of carbonyl (C=O) groups excluding carboxylic acids is 1. The van der Waals surface area contributed by atoms with Gasteiger partial charge in [0.15, 0.2) is 5.82 Å². The van der Waals surface area contributed by atoms with E-state index in [-0.39, 0.29) is 12.5 Å². The molecule has 7 nitrogen and oxygen atoms in total. The highest BCUT2D eigenvalue weighted by Gasteiger charge is 2.53. The maximum atomic E-state index is 12.8. The Morgan fingerprint density at radius 3 is 2.69 bits per heavy atom. The molecule has 2 aromatic heterocycles. The van der Waals surface area contributed by atoms with Crippen LogP contribution >= 0.6 is 35.0 Å². The molecule has 2 heterocycles. The number of carbonyl (C=O) groups is 1. The molecular formula is C25H23Cl2N5O2S. The molecule has 0 atom stereocenters. The third-order valence-electron chi connectivity index (χ3n) is 6.57. The van der Waals surface area contributed by atoms with Gasteiger partial charge in [0.25, 0.3) is 0 Å². The molecule has 0 saturated heterocycles. The molecule has 4 aromatic rings. The van der Waals surface area contributed by atoms with Crippen LogP contribution in [-0.4, -0.2) is 31.6 Å². The maximum absolute atomic E-state index is 12.8. The summed E-state index contributed by atoms with van der Waals surface area (Å²) in [7, 11) is 0. The number of hydrogen-bond donors (Lipinski definition) is 1. The van der Waals surface area contributed by atoms with Crippen molar-refractivity contribution >= 4 is 57.5 Å².